The molecular weight excluding hydrogens is 378 g/mol. The summed E-state index contributed by atoms with van der Waals surface area (Å²) < 4.78 is 7.57. The van der Waals surface area contributed by atoms with E-state index in [1.54, 1.807) is 0 Å². The average molecular weight is 414 g/mol. The van der Waals surface area contributed by atoms with E-state index in [4.69, 9.17) is 9.73 Å². The Kier molecular flexibility index (Phi) is 7.53. The van der Waals surface area contributed by atoms with E-state index in [-0.39, 0.29) is 0 Å². The third-order valence-electron chi connectivity index (χ3n) is 6.03. The SMILES string of the molecule is CCNC(=NCCCc1nnc2ccccn12)NC1CCN(CC2CCOC2)CC1. The van der Waals surface area contributed by atoms with E-state index < -0.39 is 0 Å². The summed E-state index contributed by atoms with van der Waals surface area (Å²) in [5, 5.41) is 15.6. The minimum absolute atomic E-state index is 0.499. The summed E-state index contributed by atoms with van der Waals surface area (Å²) >= 11 is 0. The van der Waals surface area contributed by atoms with E-state index in [0.717, 1.165) is 75.6 Å². The van der Waals surface area contributed by atoms with Crippen molar-refractivity contribution in [2.45, 2.75) is 45.1 Å². The lowest BCUT2D eigenvalue weighted by Crippen LogP contribution is -2.49. The van der Waals surface area contributed by atoms with Crippen LogP contribution in [0.15, 0.2) is 29.4 Å². The van der Waals surface area contributed by atoms with Crippen LogP contribution in [-0.4, -0.2) is 77.4 Å². The van der Waals surface area contributed by atoms with Crippen molar-refractivity contribution in [3.05, 3.63) is 30.2 Å². The number of fused-ring (bicyclic) bond motifs is 1. The molecule has 30 heavy (non-hydrogen) atoms. The number of aryl methyl sites for hydroxylation is 1. The number of hydrogen-bond acceptors (Lipinski definition) is 5. The summed E-state index contributed by atoms with van der Waals surface area (Å²) in [5.74, 6) is 2.67. The highest BCUT2D eigenvalue weighted by Gasteiger charge is 2.24. The van der Waals surface area contributed by atoms with Crippen LogP contribution in [0.4, 0.5) is 0 Å². The van der Waals surface area contributed by atoms with Gasteiger partial charge in [0.25, 0.3) is 0 Å². The number of aliphatic imine (C=N–C) groups is 1. The maximum atomic E-state index is 5.52. The Bertz CT molecular complexity index is 807. The second-order valence-corrected chi connectivity index (χ2v) is 8.36. The molecule has 1 unspecified atom stereocenters. The summed E-state index contributed by atoms with van der Waals surface area (Å²) in [6.07, 6.45) is 7.41. The Hall–Kier alpha value is -2.19. The molecule has 2 fully saturated rings. The quantitative estimate of drug-likeness (QED) is 0.390. The topological polar surface area (TPSA) is 79.1 Å². The summed E-state index contributed by atoms with van der Waals surface area (Å²) in [6, 6.07) is 6.48. The molecule has 0 bridgehead atoms. The summed E-state index contributed by atoms with van der Waals surface area (Å²) in [6.45, 7) is 9.17. The fourth-order valence-corrected chi connectivity index (χ4v) is 4.36. The Morgan fingerprint density at radius 2 is 2.13 bits per heavy atom. The molecule has 2 saturated heterocycles. The largest absolute Gasteiger partial charge is 0.381 e. The molecule has 8 nitrogen and oxygen atoms in total. The average Bonchev–Trinajstić information content (AvgIpc) is 3.43. The van der Waals surface area contributed by atoms with Crippen LogP contribution < -0.4 is 10.6 Å². The van der Waals surface area contributed by atoms with Gasteiger partial charge in [0.1, 0.15) is 5.82 Å². The van der Waals surface area contributed by atoms with Crippen LogP contribution in [0, 0.1) is 5.92 Å². The Balaban J connectivity index is 1.21. The van der Waals surface area contributed by atoms with Crippen molar-refractivity contribution in [3.63, 3.8) is 0 Å². The highest BCUT2D eigenvalue weighted by Crippen LogP contribution is 2.17. The number of hydrogen-bond donors (Lipinski definition) is 2. The molecule has 4 heterocycles. The monoisotopic (exact) mass is 413 g/mol. The predicted octanol–water partition coefficient (Wildman–Crippen LogP) is 1.72. The van der Waals surface area contributed by atoms with Crippen LogP contribution in [0.1, 0.15) is 38.4 Å². The lowest BCUT2D eigenvalue weighted by atomic mass is 10.0. The van der Waals surface area contributed by atoms with Gasteiger partial charge in [-0.2, -0.15) is 0 Å². The second-order valence-electron chi connectivity index (χ2n) is 8.36. The first-order valence-electron chi connectivity index (χ1n) is 11.5. The van der Waals surface area contributed by atoms with E-state index >= 15 is 0 Å². The first-order valence-corrected chi connectivity index (χ1v) is 11.5. The molecule has 0 saturated carbocycles. The van der Waals surface area contributed by atoms with Gasteiger partial charge in [-0.15, -0.1) is 10.2 Å². The maximum Gasteiger partial charge on any atom is 0.191 e. The van der Waals surface area contributed by atoms with Gasteiger partial charge in [-0.05, 0) is 50.7 Å². The third-order valence-corrected chi connectivity index (χ3v) is 6.03. The van der Waals surface area contributed by atoms with Gasteiger partial charge in [0, 0.05) is 58.0 Å². The van der Waals surface area contributed by atoms with E-state index in [9.17, 15) is 0 Å². The molecule has 2 aliphatic rings. The van der Waals surface area contributed by atoms with Crippen molar-refractivity contribution in [3.8, 4) is 0 Å². The molecule has 0 aromatic carbocycles. The van der Waals surface area contributed by atoms with Crippen LogP contribution >= 0.6 is 0 Å². The van der Waals surface area contributed by atoms with Crippen molar-refractivity contribution < 1.29 is 4.74 Å². The summed E-state index contributed by atoms with van der Waals surface area (Å²) in [4.78, 5) is 7.40. The van der Waals surface area contributed by atoms with Crippen LogP contribution in [0.5, 0.6) is 0 Å². The molecule has 2 N–H and O–H groups in total. The van der Waals surface area contributed by atoms with E-state index in [2.05, 4.69) is 37.1 Å². The highest BCUT2D eigenvalue weighted by atomic mass is 16.5. The molecule has 4 rings (SSSR count). The van der Waals surface area contributed by atoms with Crippen molar-refractivity contribution in [1.82, 2.24) is 30.1 Å². The molecule has 1 atom stereocenters. The number of aromatic nitrogens is 3. The number of nitrogens with zero attached hydrogens (tertiary/aromatic N) is 5. The summed E-state index contributed by atoms with van der Waals surface area (Å²) in [5.41, 5.74) is 0.901. The predicted molar refractivity (Wildman–Crippen MR) is 119 cm³/mol. The molecule has 0 aliphatic carbocycles. The van der Waals surface area contributed by atoms with Crippen LogP contribution in [-0.2, 0) is 11.2 Å². The van der Waals surface area contributed by atoms with Crippen molar-refractivity contribution in [2.75, 3.05) is 45.9 Å². The van der Waals surface area contributed by atoms with Crippen molar-refractivity contribution in [2.24, 2.45) is 10.9 Å². The molecule has 0 radical (unpaired) electrons. The van der Waals surface area contributed by atoms with E-state index in [1.807, 2.05) is 24.4 Å². The number of likely N-dealkylation sites (tertiary alicyclic amines) is 1. The molecule has 8 heteroatoms. The molecule has 2 aromatic rings. The molecule has 0 amide bonds. The lowest BCUT2D eigenvalue weighted by Gasteiger charge is -2.34. The van der Waals surface area contributed by atoms with Crippen LogP contribution in [0.3, 0.4) is 0 Å². The van der Waals surface area contributed by atoms with E-state index in [1.165, 1.54) is 25.8 Å². The maximum absolute atomic E-state index is 5.52. The fourth-order valence-electron chi connectivity index (χ4n) is 4.36. The molecule has 2 aliphatic heterocycles. The van der Waals surface area contributed by atoms with Gasteiger partial charge in [-0.1, -0.05) is 6.07 Å². The van der Waals surface area contributed by atoms with Gasteiger partial charge in [0.2, 0.25) is 0 Å². The first kappa shape index (κ1) is 21.1. The number of rotatable bonds is 8. The molecular formula is C22H35N7O. The number of ether oxygens (including phenoxy) is 1. The summed E-state index contributed by atoms with van der Waals surface area (Å²) in [7, 11) is 0. The van der Waals surface area contributed by atoms with Gasteiger partial charge in [0.15, 0.2) is 11.6 Å². The lowest BCUT2D eigenvalue weighted by molar-refractivity contribution is 0.150. The number of guanidine groups is 1. The Labute approximate surface area is 179 Å². The van der Waals surface area contributed by atoms with Gasteiger partial charge in [-0.25, -0.2) is 0 Å². The number of nitrogens with one attached hydrogen (secondary N) is 2. The zero-order valence-electron chi connectivity index (χ0n) is 18.1. The van der Waals surface area contributed by atoms with E-state index in [0.29, 0.717) is 6.04 Å². The standard InChI is InChI=1S/C22H35N7O/c1-2-23-22(24-11-5-7-21-27-26-20-6-3-4-12-29(20)21)25-19-8-13-28(14-9-19)16-18-10-15-30-17-18/h3-4,6,12,18-19H,2,5,7-11,13-17H2,1H3,(H2,23,24,25). The van der Waals surface area contributed by atoms with Crippen molar-refractivity contribution >= 4 is 11.6 Å². The third kappa shape index (κ3) is 5.70. The van der Waals surface area contributed by atoms with Crippen LogP contribution in [0.2, 0.25) is 0 Å². The minimum Gasteiger partial charge on any atom is -0.381 e. The Morgan fingerprint density at radius 3 is 2.93 bits per heavy atom. The van der Waals surface area contributed by atoms with Crippen LogP contribution in [0.25, 0.3) is 5.65 Å². The van der Waals surface area contributed by atoms with Gasteiger partial charge < -0.3 is 20.3 Å². The first-order chi connectivity index (χ1) is 14.8. The zero-order chi connectivity index (χ0) is 20.6. The smallest absolute Gasteiger partial charge is 0.191 e. The molecule has 0 spiro atoms. The number of piperidine rings is 1. The molecule has 2 aromatic heterocycles. The Morgan fingerprint density at radius 1 is 1.23 bits per heavy atom. The van der Waals surface area contributed by atoms with Crippen molar-refractivity contribution in [1.29, 1.82) is 0 Å². The molecule has 164 valence electrons. The highest BCUT2D eigenvalue weighted by molar-refractivity contribution is 5.80. The number of pyridine rings is 1. The second kappa shape index (κ2) is 10.7. The fraction of sp³-hybridized carbons (Fsp3) is 0.682. The van der Waals surface area contributed by atoms with Gasteiger partial charge >= 0.3 is 0 Å². The van der Waals surface area contributed by atoms with Gasteiger partial charge in [0.05, 0.1) is 6.61 Å². The zero-order valence-corrected chi connectivity index (χ0v) is 18.1. The van der Waals surface area contributed by atoms with Gasteiger partial charge in [-0.3, -0.25) is 9.39 Å². The normalized spacial score (nSPS) is 21.4. The minimum atomic E-state index is 0.499.